The summed E-state index contributed by atoms with van der Waals surface area (Å²) in [6.07, 6.45) is 2.36. The third-order valence-electron chi connectivity index (χ3n) is 3.20. The zero-order valence-electron chi connectivity index (χ0n) is 10.0. The molecule has 3 nitrogen and oxygen atoms in total. The average Bonchev–Trinajstić information content (AvgIpc) is 2.83. The van der Waals surface area contributed by atoms with Gasteiger partial charge < -0.3 is 14.8 Å². The Morgan fingerprint density at radius 2 is 2.18 bits per heavy atom. The summed E-state index contributed by atoms with van der Waals surface area (Å²) in [4.78, 5) is 0. The molecular weight excluding hydrogens is 238 g/mol. The van der Waals surface area contributed by atoms with Crippen molar-refractivity contribution in [1.82, 2.24) is 5.32 Å². The summed E-state index contributed by atoms with van der Waals surface area (Å²) in [6.45, 7) is 4.84. The SMILES string of the molecule is CC1(C)Oc2cc(C3CCCN3)cc(Cl)c2O1. The van der Waals surface area contributed by atoms with Gasteiger partial charge in [-0.25, -0.2) is 0 Å². The quantitative estimate of drug-likeness (QED) is 0.833. The van der Waals surface area contributed by atoms with Crippen molar-refractivity contribution in [2.75, 3.05) is 6.54 Å². The molecule has 1 N–H and O–H groups in total. The Labute approximate surface area is 106 Å². The molecular formula is C13H16ClNO2. The maximum absolute atomic E-state index is 6.25. The second-order valence-corrected chi connectivity index (χ2v) is 5.49. The summed E-state index contributed by atoms with van der Waals surface area (Å²) >= 11 is 6.25. The van der Waals surface area contributed by atoms with Crippen molar-refractivity contribution >= 4 is 11.6 Å². The van der Waals surface area contributed by atoms with Crippen molar-refractivity contribution in [3.63, 3.8) is 0 Å². The molecule has 2 aliphatic rings. The maximum Gasteiger partial charge on any atom is 0.246 e. The maximum atomic E-state index is 6.25. The first-order valence-electron chi connectivity index (χ1n) is 6.00. The summed E-state index contributed by atoms with van der Waals surface area (Å²) in [5.41, 5.74) is 1.19. The van der Waals surface area contributed by atoms with Crippen LogP contribution in [-0.4, -0.2) is 12.3 Å². The van der Waals surface area contributed by atoms with Crippen LogP contribution in [0, 0.1) is 0 Å². The van der Waals surface area contributed by atoms with Gasteiger partial charge in [0.1, 0.15) is 0 Å². The van der Waals surface area contributed by atoms with Gasteiger partial charge in [-0.15, -0.1) is 0 Å². The lowest BCUT2D eigenvalue weighted by atomic mass is 10.0. The van der Waals surface area contributed by atoms with Crippen LogP contribution in [-0.2, 0) is 0 Å². The topological polar surface area (TPSA) is 30.5 Å². The Morgan fingerprint density at radius 3 is 2.88 bits per heavy atom. The fourth-order valence-corrected chi connectivity index (χ4v) is 2.72. The molecule has 3 rings (SSSR count). The van der Waals surface area contributed by atoms with Gasteiger partial charge in [-0.05, 0) is 37.1 Å². The highest BCUT2D eigenvalue weighted by atomic mass is 35.5. The molecule has 4 heteroatoms. The summed E-state index contributed by atoms with van der Waals surface area (Å²) < 4.78 is 11.4. The van der Waals surface area contributed by atoms with E-state index in [4.69, 9.17) is 21.1 Å². The molecule has 1 aromatic rings. The molecule has 2 heterocycles. The van der Waals surface area contributed by atoms with Gasteiger partial charge in [0.15, 0.2) is 11.5 Å². The van der Waals surface area contributed by atoms with Gasteiger partial charge >= 0.3 is 0 Å². The molecule has 0 spiro atoms. The molecule has 0 aliphatic carbocycles. The normalized spacial score (nSPS) is 25.2. The molecule has 0 radical (unpaired) electrons. The van der Waals surface area contributed by atoms with Gasteiger partial charge in [-0.3, -0.25) is 0 Å². The molecule has 0 bridgehead atoms. The Hall–Kier alpha value is -0.930. The molecule has 92 valence electrons. The first kappa shape index (κ1) is 11.2. The summed E-state index contributed by atoms with van der Waals surface area (Å²) in [5.74, 6) is 0.804. The second kappa shape index (κ2) is 3.79. The lowest BCUT2D eigenvalue weighted by Gasteiger charge is -2.16. The number of benzene rings is 1. The van der Waals surface area contributed by atoms with Crippen molar-refractivity contribution in [2.24, 2.45) is 0 Å². The first-order valence-corrected chi connectivity index (χ1v) is 6.38. The van der Waals surface area contributed by atoms with Crippen molar-refractivity contribution in [2.45, 2.75) is 38.5 Å². The minimum atomic E-state index is -0.617. The number of halogens is 1. The number of hydrogen-bond donors (Lipinski definition) is 1. The van der Waals surface area contributed by atoms with Crippen LogP contribution >= 0.6 is 11.6 Å². The lowest BCUT2D eigenvalue weighted by Crippen LogP contribution is -2.29. The average molecular weight is 254 g/mol. The summed E-state index contributed by atoms with van der Waals surface area (Å²) in [6, 6.07) is 4.41. The molecule has 1 aromatic carbocycles. The molecule has 0 amide bonds. The molecule has 1 fully saturated rings. The van der Waals surface area contributed by atoms with Crippen molar-refractivity contribution in [1.29, 1.82) is 0 Å². The highest BCUT2D eigenvalue weighted by Crippen LogP contribution is 2.46. The number of hydrogen-bond acceptors (Lipinski definition) is 3. The highest BCUT2D eigenvalue weighted by molar-refractivity contribution is 6.32. The van der Waals surface area contributed by atoms with Gasteiger partial charge in [-0.2, -0.15) is 0 Å². The lowest BCUT2D eigenvalue weighted by molar-refractivity contribution is -0.0431. The van der Waals surface area contributed by atoms with Crippen LogP contribution in [0.1, 0.15) is 38.3 Å². The Morgan fingerprint density at radius 1 is 1.35 bits per heavy atom. The zero-order chi connectivity index (χ0) is 12.0. The largest absolute Gasteiger partial charge is 0.449 e. The van der Waals surface area contributed by atoms with Crippen LogP contribution in [0.3, 0.4) is 0 Å². The fourth-order valence-electron chi connectivity index (χ4n) is 2.46. The minimum Gasteiger partial charge on any atom is -0.449 e. The smallest absolute Gasteiger partial charge is 0.246 e. The summed E-state index contributed by atoms with van der Waals surface area (Å²) in [7, 11) is 0. The van der Waals surface area contributed by atoms with Crippen LogP contribution < -0.4 is 14.8 Å². The van der Waals surface area contributed by atoms with Crippen molar-refractivity contribution in [3.8, 4) is 11.5 Å². The molecule has 2 aliphatic heterocycles. The predicted molar refractivity (Wildman–Crippen MR) is 66.8 cm³/mol. The van der Waals surface area contributed by atoms with E-state index in [0.717, 1.165) is 18.7 Å². The number of ether oxygens (including phenoxy) is 2. The van der Waals surface area contributed by atoms with Crippen LogP contribution in [0.2, 0.25) is 5.02 Å². The molecule has 0 saturated carbocycles. The number of fused-ring (bicyclic) bond motifs is 1. The monoisotopic (exact) mass is 253 g/mol. The van der Waals surface area contributed by atoms with Crippen LogP contribution in [0.5, 0.6) is 11.5 Å². The molecule has 1 atom stereocenters. The number of rotatable bonds is 1. The van der Waals surface area contributed by atoms with E-state index >= 15 is 0 Å². The minimum absolute atomic E-state index is 0.394. The van der Waals surface area contributed by atoms with E-state index in [1.54, 1.807) is 0 Å². The van der Waals surface area contributed by atoms with Gasteiger partial charge in [0.2, 0.25) is 5.79 Å². The van der Waals surface area contributed by atoms with E-state index in [9.17, 15) is 0 Å². The molecule has 1 saturated heterocycles. The fraction of sp³-hybridized carbons (Fsp3) is 0.538. The van der Waals surface area contributed by atoms with Gasteiger partial charge in [0, 0.05) is 19.9 Å². The third kappa shape index (κ3) is 1.98. The Bertz CT molecular complexity index is 453. The predicted octanol–water partition coefficient (Wildman–Crippen LogP) is 3.27. The van der Waals surface area contributed by atoms with Crippen molar-refractivity contribution in [3.05, 3.63) is 22.7 Å². The van der Waals surface area contributed by atoms with E-state index in [-0.39, 0.29) is 0 Å². The van der Waals surface area contributed by atoms with Crippen molar-refractivity contribution < 1.29 is 9.47 Å². The summed E-state index contributed by atoms with van der Waals surface area (Å²) in [5, 5.41) is 4.09. The molecule has 1 unspecified atom stereocenters. The van der Waals surface area contributed by atoms with E-state index in [1.165, 1.54) is 12.0 Å². The second-order valence-electron chi connectivity index (χ2n) is 5.08. The number of nitrogens with one attached hydrogen (secondary N) is 1. The Balaban J connectivity index is 1.98. The van der Waals surface area contributed by atoms with E-state index in [0.29, 0.717) is 16.8 Å². The zero-order valence-corrected chi connectivity index (χ0v) is 10.8. The van der Waals surface area contributed by atoms with E-state index in [1.807, 2.05) is 26.0 Å². The van der Waals surface area contributed by atoms with Crippen LogP contribution in [0.4, 0.5) is 0 Å². The van der Waals surface area contributed by atoms with Gasteiger partial charge in [-0.1, -0.05) is 11.6 Å². The van der Waals surface area contributed by atoms with Gasteiger partial charge in [0.25, 0.3) is 0 Å². The van der Waals surface area contributed by atoms with Gasteiger partial charge in [0.05, 0.1) is 5.02 Å². The van der Waals surface area contributed by atoms with E-state index in [2.05, 4.69) is 5.32 Å². The standard InChI is InChI=1S/C13H16ClNO2/c1-13(2)16-11-7-8(10-4-3-5-15-10)6-9(14)12(11)17-13/h6-7,10,15H,3-5H2,1-2H3. The molecule has 0 aromatic heterocycles. The van der Waals surface area contributed by atoms with Crippen LogP contribution in [0.15, 0.2) is 12.1 Å². The Kier molecular flexibility index (Phi) is 2.49. The van der Waals surface area contributed by atoms with E-state index < -0.39 is 5.79 Å². The first-order chi connectivity index (χ1) is 8.05. The molecule has 17 heavy (non-hydrogen) atoms. The third-order valence-corrected chi connectivity index (χ3v) is 3.48. The van der Waals surface area contributed by atoms with Crippen LogP contribution in [0.25, 0.3) is 0 Å². The highest BCUT2D eigenvalue weighted by Gasteiger charge is 2.34.